The van der Waals surface area contributed by atoms with Crippen LogP contribution in [0.5, 0.6) is 0 Å². The van der Waals surface area contributed by atoms with Gasteiger partial charge in [0.25, 0.3) is 0 Å². The SMILES string of the molecule is CCC(CCl)c1ccc(C(C)C)cc1. The van der Waals surface area contributed by atoms with Gasteiger partial charge in [0.15, 0.2) is 0 Å². The smallest absolute Gasteiger partial charge is 0.0292 e. The summed E-state index contributed by atoms with van der Waals surface area (Å²) in [7, 11) is 0. The highest BCUT2D eigenvalue weighted by Gasteiger charge is 2.07. The van der Waals surface area contributed by atoms with Crippen LogP contribution >= 0.6 is 11.6 Å². The molecule has 1 heteroatoms. The molecule has 1 atom stereocenters. The number of alkyl halides is 1. The van der Waals surface area contributed by atoms with Gasteiger partial charge < -0.3 is 0 Å². The van der Waals surface area contributed by atoms with Gasteiger partial charge in [-0.2, -0.15) is 0 Å². The van der Waals surface area contributed by atoms with Crippen molar-refractivity contribution >= 4 is 11.6 Å². The van der Waals surface area contributed by atoms with Crippen molar-refractivity contribution in [3.8, 4) is 0 Å². The minimum absolute atomic E-state index is 0.512. The number of halogens is 1. The van der Waals surface area contributed by atoms with Gasteiger partial charge in [-0.05, 0) is 29.4 Å². The van der Waals surface area contributed by atoms with Crippen molar-refractivity contribution in [2.45, 2.75) is 39.0 Å². The fraction of sp³-hybridized carbons (Fsp3) is 0.538. The van der Waals surface area contributed by atoms with Crippen molar-refractivity contribution < 1.29 is 0 Å². The molecule has 1 aromatic carbocycles. The molecule has 0 bridgehead atoms. The van der Waals surface area contributed by atoms with Gasteiger partial charge in [-0.3, -0.25) is 0 Å². The number of hydrogen-bond donors (Lipinski definition) is 0. The van der Waals surface area contributed by atoms with Crippen molar-refractivity contribution in [3.63, 3.8) is 0 Å². The summed E-state index contributed by atoms with van der Waals surface area (Å²) in [5.41, 5.74) is 2.77. The summed E-state index contributed by atoms with van der Waals surface area (Å²) in [6.07, 6.45) is 1.12. The summed E-state index contributed by atoms with van der Waals surface area (Å²) in [4.78, 5) is 0. The summed E-state index contributed by atoms with van der Waals surface area (Å²) in [5, 5.41) is 0. The van der Waals surface area contributed by atoms with Crippen LogP contribution in [0, 0.1) is 0 Å². The second-order valence-corrected chi connectivity index (χ2v) is 4.39. The van der Waals surface area contributed by atoms with E-state index in [0.717, 1.165) is 12.3 Å². The van der Waals surface area contributed by atoms with Crippen LogP contribution in [0.1, 0.15) is 50.2 Å². The Labute approximate surface area is 92.3 Å². The molecule has 0 spiro atoms. The lowest BCUT2D eigenvalue weighted by Crippen LogP contribution is -1.99. The van der Waals surface area contributed by atoms with Gasteiger partial charge in [-0.1, -0.05) is 45.0 Å². The predicted molar refractivity (Wildman–Crippen MR) is 64.3 cm³/mol. The Morgan fingerprint density at radius 1 is 1.07 bits per heavy atom. The van der Waals surface area contributed by atoms with Crippen molar-refractivity contribution in [2.24, 2.45) is 0 Å². The average Bonchev–Trinajstić information content (AvgIpc) is 2.20. The maximum atomic E-state index is 5.90. The minimum atomic E-state index is 0.512. The van der Waals surface area contributed by atoms with Gasteiger partial charge >= 0.3 is 0 Å². The minimum Gasteiger partial charge on any atom is -0.126 e. The molecule has 0 aromatic heterocycles. The predicted octanol–water partition coefficient (Wildman–Crippen LogP) is 4.54. The molecule has 78 valence electrons. The Balaban J connectivity index is 2.81. The third kappa shape index (κ3) is 2.75. The first-order chi connectivity index (χ1) is 6.69. The third-order valence-corrected chi connectivity index (χ3v) is 3.13. The van der Waals surface area contributed by atoms with Crippen LogP contribution < -0.4 is 0 Å². The number of rotatable bonds is 4. The summed E-state index contributed by atoms with van der Waals surface area (Å²) < 4.78 is 0. The van der Waals surface area contributed by atoms with E-state index < -0.39 is 0 Å². The van der Waals surface area contributed by atoms with Gasteiger partial charge in [0.05, 0.1) is 0 Å². The molecule has 1 unspecified atom stereocenters. The van der Waals surface area contributed by atoms with E-state index in [9.17, 15) is 0 Å². The lowest BCUT2D eigenvalue weighted by molar-refractivity contribution is 0.738. The van der Waals surface area contributed by atoms with E-state index in [1.165, 1.54) is 11.1 Å². The summed E-state index contributed by atoms with van der Waals surface area (Å²) in [6, 6.07) is 8.86. The highest BCUT2D eigenvalue weighted by Crippen LogP contribution is 2.23. The molecule has 1 aromatic rings. The molecule has 0 fully saturated rings. The van der Waals surface area contributed by atoms with E-state index in [0.29, 0.717) is 11.8 Å². The van der Waals surface area contributed by atoms with Crippen LogP contribution in [-0.2, 0) is 0 Å². The molecule has 14 heavy (non-hydrogen) atoms. The standard InChI is InChI=1S/C13H19Cl/c1-4-11(9-14)13-7-5-12(6-8-13)10(2)3/h5-8,10-11H,4,9H2,1-3H3. The zero-order valence-corrected chi connectivity index (χ0v) is 10.0. The van der Waals surface area contributed by atoms with Crippen LogP contribution in [-0.4, -0.2) is 5.88 Å². The van der Waals surface area contributed by atoms with Crippen molar-refractivity contribution in [1.82, 2.24) is 0 Å². The largest absolute Gasteiger partial charge is 0.126 e. The lowest BCUT2D eigenvalue weighted by Gasteiger charge is -2.13. The maximum Gasteiger partial charge on any atom is 0.0292 e. The molecule has 0 amide bonds. The van der Waals surface area contributed by atoms with Crippen LogP contribution in [0.2, 0.25) is 0 Å². The summed E-state index contributed by atoms with van der Waals surface area (Å²) in [5.74, 6) is 1.84. The highest BCUT2D eigenvalue weighted by atomic mass is 35.5. The molecule has 0 aliphatic carbocycles. The Bertz CT molecular complexity index is 257. The van der Waals surface area contributed by atoms with Gasteiger partial charge in [-0.25, -0.2) is 0 Å². The molecule has 0 nitrogen and oxygen atoms in total. The molecule has 0 saturated carbocycles. The quantitative estimate of drug-likeness (QED) is 0.640. The van der Waals surface area contributed by atoms with E-state index in [1.54, 1.807) is 0 Å². The van der Waals surface area contributed by atoms with Gasteiger partial charge in [0.1, 0.15) is 0 Å². The summed E-state index contributed by atoms with van der Waals surface area (Å²) in [6.45, 7) is 6.62. The van der Waals surface area contributed by atoms with Gasteiger partial charge in [0, 0.05) is 5.88 Å². The molecule has 0 aliphatic rings. The molecular weight excluding hydrogens is 192 g/mol. The maximum absolute atomic E-state index is 5.90. The average molecular weight is 211 g/mol. The fourth-order valence-corrected chi connectivity index (χ4v) is 1.98. The first-order valence-electron chi connectivity index (χ1n) is 5.34. The normalized spacial score (nSPS) is 13.2. The topological polar surface area (TPSA) is 0 Å². The van der Waals surface area contributed by atoms with E-state index in [4.69, 9.17) is 11.6 Å². The van der Waals surface area contributed by atoms with Gasteiger partial charge in [0.2, 0.25) is 0 Å². The molecule has 0 radical (unpaired) electrons. The second kappa shape index (κ2) is 5.41. The molecule has 0 N–H and O–H groups in total. The molecular formula is C13H19Cl. The second-order valence-electron chi connectivity index (χ2n) is 4.08. The first kappa shape index (κ1) is 11.6. The van der Waals surface area contributed by atoms with Crippen molar-refractivity contribution in [3.05, 3.63) is 35.4 Å². The third-order valence-electron chi connectivity index (χ3n) is 2.75. The van der Waals surface area contributed by atoms with E-state index in [2.05, 4.69) is 45.0 Å². The van der Waals surface area contributed by atoms with Gasteiger partial charge in [-0.15, -0.1) is 11.6 Å². The van der Waals surface area contributed by atoms with E-state index >= 15 is 0 Å². The number of benzene rings is 1. The molecule has 0 heterocycles. The van der Waals surface area contributed by atoms with Crippen molar-refractivity contribution in [2.75, 3.05) is 5.88 Å². The summed E-state index contributed by atoms with van der Waals surface area (Å²) >= 11 is 5.90. The Morgan fingerprint density at radius 3 is 1.93 bits per heavy atom. The Hall–Kier alpha value is -0.490. The highest BCUT2D eigenvalue weighted by molar-refractivity contribution is 6.18. The zero-order chi connectivity index (χ0) is 10.6. The van der Waals surface area contributed by atoms with Crippen LogP contribution in [0.3, 0.4) is 0 Å². The monoisotopic (exact) mass is 210 g/mol. The lowest BCUT2D eigenvalue weighted by atomic mass is 9.95. The molecule has 0 aliphatic heterocycles. The number of hydrogen-bond acceptors (Lipinski definition) is 0. The van der Waals surface area contributed by atoms with Crippen LogP contribution in [0.4, 0.5) is 0 Å². The van der Waals surface area contributed by atoms with E-state index in [1.807, 2.05) is 0 Å². The fourth-order valence-electron chi connectivity index (χ4n) is 1.59. The van der Waals surface area contributed by atoms with Crippen LogP contribution in [0.15, 0.2) is 24.3 Å². The van der Waals surface area contributed by atoms with Crippen LogP contribution in [0.25, 0.3) is 0 Å². The Kier molecular flexibility index (Phi) is 4.47. The Morgan fingerprint density at radius 2 is 1.57 bits per heavy atom. The molecule has 1 rings (SSSR count). The molecule has 0 saturated heterocycles. The van der Waals surface area contributed by atoms with E-state index in [-0.39, 0.29) is 0 Å². The first-order valence-corrected chi connectivity index (χ1v) is 5.88. The zero-order valence-electron chi connectivity index (χ0n) is 9.26. The van der Waals surface area contributed by atoms with Crippen molar-refractivity contribution in [1.29, 1.82) is 0 Å².